The lowest BCUT2D eigenvalue weighted by Gasteiger charge is -2.53. The van der Waals surface area contributed by atoms with Gasteiger partial charge in [-0.2, -0.15) is 0 Å². The summed E-state index contributed by atoms with van der Waals surface area (Å²) in [7, 11) is 3.40. The van der Waals surface area contributed by atoms with Crippen LogP contribution in [0.4, 0.5) is 0 Å². The van der Waals surface area contributed by atoms with Gasteiger partial charge in [0, 0.05) is 37.1 Å². The third kappa shape index (κ3) is 3.28. The second-order valence-electron chi connectivity index (χ2n) is 9.62. The van der Waals surface area contributed by atoms with Gasteiger partial charge in [0.25, 0.3) is 0 Å². The van der Waals surface area contributed by atoms with Crippen LogP contribution in [0.25, 0.3) is 0 Å². The number of methoxy groups -OCH3 is 2. The van der Waals surface area contributed by atoms with Gasteiger partial charge in [-0.15, -0.1) is 0 Å². The zero-order chi connectivity index (χ0) is 20.1. The molecule has 0 radical (unpaired) electrons. The Morgan fingerprint density at radius 3 is 2.50 bits per heavy atom. The first-order valence-electron chi connectivity index (χ1n) is 10.6. The van der Waals surface area contributed by atoms with Crippen LogP contribution in [0, 0.1) is 11.3 Å². The van der Waals surface area contributed by atoms with Crippen LogP contribution >= 0.6 is 0 Å². The molecule has 3 aliphatic rings. The normalized spacial score (nSPS) is 27.5. The molecule has 4 rings (SSSR count). The molecule has 1 aromatic rings. The predicted molar refractivity (Wildman–Crippen MR) is 110 cm³/mol. The van der Waals surface area contributed by atoms with Gasteiger partial charge in [0.15, 0.2) is 11.5 Å². The first kappa shape index (κ1) is 19.6. The molecule has 0 saturated carbocycles. The molecule has 5 nitrogen and oxygen atoms in total. The molecule has 2 saturated heterocycles. The molecule has 1 amide bonds. The van der Waals surface area contributed by atoms with E-state index in [4.69, 9.17) is 9.47 Å². The quantitative estimate of drug-likeness (QED) is 0.778. The van der Waals surface area contributed by atoms with Crippen LogP contribution in [0.15, 0.2) is 12.1 Å². The van der Waals surface area contributed by atoms with Crippen molar-refractivity contribution >= 4 is 5.91 Å². The Bertz CT molecular complexity index is 755. The van der Waals surface area contributed by atoms with Crippen molar-refractivity contribution in [2.24, 2.45) is 11.3 Å². The molecule has 3 aliphatic heterocycles. The highest BCUT2D eigenvalue weighted by atomic mass is 16.5. The van der Waals surface area contributed by atoms with Gasteiger partial charge in [-0.1, -0.05) is 20.8 Å². The summed E-state index contributed by atoms with van der Waals surface area (Å²) in [4.78, 5) is 18.0. The molecule has 0 aliphatic carbocycles. The minimum Gasteiger partial charge on any atom is -0.493 e. The Balaban J connectivity index is 1.66. The third-order valence-electron chi connectivity index (χ3n) is 6.87. The monoisotopic (exact) mass is 386 g/mol. The molecule has 0 N–H and O–H groups in total. The van der Waals surface area contributed by atoms with Gasteiger partial charge in [0.05, 0.1) is 14.2 Å². The maximum Gasteiger partial charge on any atom is 0.228 e. The van der Waals surface area contributed by atoms with E-state index in [1.165, 1.54) is 17.5 Å². The van der Waals surface area contributed by atoms with Crippen LogP contribution in [0.5, 0.6) is 11.5 Å². The van der Waals surface area contributed by atoms with E-state index in [9.17, 15) is 4.79 Å². The largest absolute Gasteiger partial charge is 0.493 e. The number of hydrogen-bond donors (Lipinski definition) is 0. The van der Waals surface area contributed by atoms with E-state index in [1.54, 1.807) is 14.2 Å². The minimum atomic E-state index is -0.319. The average molecular weight is 387 g/mol. The smallest absolute Gasteiger partial charge is 0.228 e. The van der Waals surface area contributed by atoms with Crippen LogP contribution in [0.1, 0.15) is 57.2 Å². The van der Waals surface area contributed by atoms with E-state index in [1.807, 2.05) is 20.8 Å². The molecule has 2 fully saturated rings. The summed E-state index contributed by atoms with van der Waals surface area (Å²) < 4.78 is 11.1. The van der Waals surface area contributed by atoms with Gasteiger partial charge in [0.2, 0.25) is 5.91 Å². The maximum atomic E-state index is 13.1. The van der Waals surface area contributed by atoms with Crippen LogP contribution in [0.3, 0.4) is 0 Å². The molecule has 1 aromatic carbocycles. The summed E-state index contributed by atoms with van der Waals surface area (Å²) in [6.45, 7) is 9.22. The third-order valence-corrected chi connectivity index (χ3v) is 6.87. The van der Waals surface area contributed by atoms with E-state index in [0.29, 0.717) is 23.9 Å². The van der Waals surface area contributed by atoms with Crippen molar-refractivity contribution in [3.05, 3.63) is 23.3 Å². The number of fused-ring (bicyclic) bond motifs is 4. The molecule has 3 heterocycles. The number of rotatable bonds is 2. The molecular weight excluding hydrogens is 352 g/mol. The molecule has 0 bridgehead atoms. The number of carbonyl (C=O) groups is 1. The molecule has 3 unspecified atom stereocenters. The molecule has 0 spiro atoms. The number of piperidine rings is 2. The summed E-state index contributed by atoms with van der Waals surface area (Å²) in [5.41, 5.74) is 2.40. The lowest BCUT2D eigenvalue weighted by Crippen LogP contribution is -2.59. The fourth-order valence-corrected chi connectivity index (χ4v) is 5.46. The lowest BCUT2D eigenvalue weighted by atomic mass is 9.75. The number of carbonyl (C=O) groups excluding carboxylic acids is 1. The van der Waals surface area contributed by atoms with Crippen LogP contribution < -0.4 is 9.47 Å². The van der Waals surface area contributed by atoms with Gasteiger partial charge < -0.3 is 14.4 Å². The molecule has 154 valence electrons. The van der Waals surface area contributed by atoms with Crippen molar-refractivity contribution < 1.29 is 14.3 Å². The van der Waals surface area contributed by atoms with E-state index in [-0.39, 0.29) is 5.41 Å². The maximum absolute atomic E-state index is 13.1. The second-order valence-corrected chi connectivity index (χ2v) is 9.62. The molecule has 5 heteroatoms. The SMILES string of the molecule is COc1cc2c(cc1OC)C1CC3C(CCCN3C(=O)C(C)(C)C)CN1CC2. The zero-order valence-corrected chi connectivity index (χ0v) is 18.0. The summed E-state index contributed by atoms with van der Waals surface area (Å²) in [5.74, 6) is 2.51. The first-order chi connectivity index (χ1) is 13.3. The van der Waals surface area contributed by atoms with E-state index in [0.717, 1.165) is 50.4 Å². The van der Waals surface area contributed by atoms with Gasteiger partial charge >= 0.3 is 0 Å². The lowest BCUT2D eigenvalue weighted by molar-refractivity contribution is -0.148. The highest BCUT2D eigenvalue weighted by Crippen LogP contribution is 2.46. The fraction of sp³-hybridized carbons (Fsp3) is 0.696. The van der Waals surface area contributed by atoms with E-state index in [2.05, 4.69) is 21.9 Å². The summed E-state index contributed by atoms with van der Waals surface area (Å²) in [6.07, 6.45) is 4.44. The van der Waals surface area contributed by atoms with E-state index < -0.39 is 0 Å². The predicted octanol–water partition coefficient (Wildman–Crippen LogP) is 3.66. The summed E-state index contributed by atoms with van der Waals surface area (Å²) in [5, 5.41) is 0. The van der Waals surface area contributed by atoms with Gasteiger partial charge in [0.1, 0.15) is 0 Å². The van der Waals surface area contributed by atoms with Crippen molar-refractivity contribution in [3.8, 4) is 11.5 Å². The number of hydrogen-bond acceptors (Lipinski definition) is 4. The van der Waals surface area contributed by atoms with Crippen LogP contribution in [-0.2, 0) is 11.2 Å². The average Bonchev–Trinajstić information content (AvgIpc) is 2.69. The van der Waals surface area contributed by atoms with Gasteiger partial charge in [-0.05, 0) is 54.9 Å². The summed E-state index contributed by atoms with van der Waals surface area (Å²) >= 11 is 0. The Kier molecular flexibility index (Phi) is 5.07. The summed E-state index contributed by atoms with van der Waals surface area (Å²) in [6, 6.07) is 5.03. The number of amides is 1. The van der Waals surface area contributed by atoms with Crippen molar-refractivity contribution in [3.63, 3.8) is 0 Å². The standard InChI is InChI=1S/C23H34N2O3/c1-23(2,3)22(26)25-9-6-7-16-14-24-10-8-15-11-20(27-4)21(28-5)12-17(15)19(24)13-18(16)25/h11-12,16,18-19H,6-10,13-14H2,1-5H3. The van der Waals surface area contributed by atoms with Crippen molar-refractivity contribution in [2.45, 2.75) is 58.5 Å². The minimum absolute atomic E-state index is 0.305. The van der Waals surface area contributed by atoms with Gasteiger partial charge in [-0.3, -0.25) is 9.69 Å². The van der Waals surface area contributed by atoms with Crippen molar-refractivity contribution in [1.29, 1.82) is 0 Å². The van der Waals surface area contributed by atoms with Crippen LogP contribution in [0.2, 0.25) is 0 Å². The first-order valence-corrected chi connectivity index (χ1v) is 10.6. The Morgan fingerprint density at radius 1 is 1.11 bits per heavy atom. The number of benzene rings is 1. The van der Waals surface area contributed by atoms with Crippen molar-refractivity contribution in [1.82, 2.24) is 9.80 Å². The fourth-order valence-electron chi connectivity index (χ4n) is 5.46. The number of likely N-dealkylation sites (tertiary alicyclic amines) is 1. The number of ether oxygens (including phenoxy) is 2. The molecule has 28 heavy (non-hydrogen) atoms. The Hall–Kier alpha value is -1.75. The highest BCUT2D eigenvalue weighted by Gasteiger charge is 2.45. The molecule has 3 atom stereocenters. The molecule has 0 aromatic heterocycles. The second kappa shape index (κ2) is 7.25. The number of nitrogens with zero attached hydrogens (tertiary/aromatic N) is 2. The van der Waals surface area contributed by atoms with E-state index >= 15 is 0 Å². The highest BCUT2D eigenvalue weighted by molar-refractivity contribution is 5.82. The Morgan fingerprint density at radius 2 is 1.82 bits per heavy atom. The Labute approximate surface area is 169 Å². The van der Waals surface area contributed by atoms with Gasteiger partial charge in [-0.25, -0.2) is 0 Å². The zero-order valence-electron chi connectivity index (χ0n) is 18.0. The van der Waals surface area contributed by atoms with Crippen LogP contribution in [-0.4, -0.2) is 55.6 Å². The van der Waals surface area contributed by atoms with Crippen molar-refractivity contribution in [2.75, 3.05) is 33.9 Å². The molecular formula is C23H34N2O3. The topological polar surface area (TPSA) is 42.0 Å².